The molecule has 0 heterocycles. The number of carbonyl (C=O) groups excluding carboxylic acids is 1. The Morgan fingerprint density at radius 2 is 1.89 bits per heavy atom. The Balaban J connectivity index is 2.75. The van der Waals surface area contributed by atoms with Crippen LogP contribution >= 0.6 is 0 Å². The summed E-state index contributed by atoms with van der Waals surface area (Å²) in [6, 6.07) is 5.53. The number of amides is 2. The predicted molar refractivity (Wildman–Crippen MR) is 65.0 cm³/mol. The Morgan fingerprint density at radius 3 is 2.44 bits per heavy atom. The van der Waals surface area contributed by atoms with Crippen LogP contribution in [0.25, 0.3) is 0 Å². The number of carbonyl (C=O) groups is 1. The SMILES string of the molecule is CC(C)(C)NC(=O)Nc1ccccc1OC(F)F. The molecule has 0 aliphatic heterocycles. The van der Waals surface area contributed by atoms with Crippen molar-refractivity contribution in [3.63, 3.8) is 0 Å². The van der Waals surface area contributed by atoms with Crippen molar-refractivity contribution in [1.82, 2.24) is 5.32 Å². The van der Waals surface area contributed by atoms with E-state index in [1.807, 2.05) is 20.8 Å². The molecule has 18 heavy (non-hydrogen) atoms. The summed E-state index contributed by atoms with van der Waals surface area (Å²) in [6.07, 6.45) is 0. The zero-order valence-electron chi connectivity index (χ0n) is 10.5. The van der Waals surface area contributed by atoms with Crippen molar-refractivity contribution in [2.75, 3.05) is 5.32 Å². The third-order valence-corrected chi connectivity index (χ3v) is 1.84. The van der Waals surface area contributed by atoms with E-state index in [9.17, 15) is 13.6 Å². The largest absolute Gasteiger partial charge is 0.433 e. The van der Waals surface area contributed by atoms with Gasteiger partial charge in [-0.2, -0.15) is 8.78 Å². The molecule has 1 rings (SSSR count). The molecular formula is C12H16F2N2O2. The molecule has 0 bridgehead atoms. The quantitative estimate of drug-likeness (QED) is 0.874. The third kappa shape index (κ3) is 4.99. The number of benzene rings is 1. The fourth-order valence-electron chi connectivity index (χ4n) is 1.26. The van der Waals surface area contributed by atoms with Crippen LogP contribution < -0.4 is 15.4 Å². The van der Waals surface area contributed by atoms with Gasteiger partial charge < -0.3 is 15.4 Å². The maximum Gasteiger partial charge on any atom is 0.387 e. The van der Waals surface area contributed by atoms with Crippen LogP contribution in [0.3, 0.4) is 0 Å². The lowest BCUT2D eigenvalue weighted by molar-refractivity contribution is -0.0493. The molecule has 0 aliphatic carbocycles. The van der Waals surface area contributed by atoms with Crippen LogP contribution in [0.1, 0.15) is 20.8 Å². The first-order valence-electron chi connectivity index (χ1n) is 5.41. The normalized spacial score (nSPS) is 11.2. The van der Waals surface area contributed by atoms with E-state index in [-0.39, 0.29) is 11.4 Å². The van der Waals surface area contributed by atoms with E-state index >= 15 is 0 Å². The molecule has 0 aromatic heterocycles. The van der Waals surface area contributed by atoms with Gasteiger partial charge in [0.25, 0.3) is 0 Å². The Hall–Kier alpha value is -1.85. The first-order valence-corrected chi connectivity index (χ1v) is 5.41. The van der Waals surface area contributed by atoms with Gasteiger partial charge in [0.15, 0.2) is 0 Å². The summed E-state index contributed by atoms with van der Waals surface area (Å²) in [7, 11) is 0. The summed E-state index contributed by atoms with van der Waals surface area (Å²) in [5, 5.41) is 5.12. The monoisotopic (exact) mass is 258 g/mol. The van der Waals surface area contributed by atoms with Crippen LogP contribution in [0.4, 0.5) is 19.3 Å². The first-order chi connectivity index (χ1) is 8.28. The average Bonchev–Trinajstić information content (AvgIpc) is 2.17. The molecule has 6 heteroatoms. The summed E-state index contributed by atoms with van der Waals surface area (Å²) < 4.78 is 28.6. The van der Waals surface area contributed by atoms with Crippen molar-refractivity contribution in [3.05, 3.63) is 24.3 Å². The number of para-hydroxylation sites is 2. The maximum atomic E-state index is 12.2. The number of urea groups is 1. The van der Waals surface area contributed by atoms with Gasteiger partial charge in [-0.1, -0.05) is 12.1 Å². The molecule has 0 spiro atoms. The van der Waals surface area contributed by atoms with E-state index in [0.29, 0.717) is 0 Å². The zero-order valence-corrected chi connectivity index (χ0v) is 10.5. The van der Waals surface area contributed by atoms with Crippen molar-refractivity contribution in [2.45, 2.75) is 32.9 Å². The van der Waals surface area contributed by atoms with E-state index in [2.05, 4.69) is 15.4 Å². The van der Waals surface area contributed by atoms with Crippen LogP contribution in [-0.2, 0) is 0 Å². The molecule has 0 saturated carbocycles. The minimum absolute atomic E-state index is 0.0726. The van der Waals surface area contributed by atoms with E-state index < -0.39 is 18.2 Å². The summed E-state index contributed by atoms with van der Waals surface area (Å²) in [6.45, 7) is 2.51. The van der Waals surface area contributed by atoms with E-state index in [1.54, 1.807) is 12.1 Å². The lowest BCUT2D eigenvalue weighted by Gasteiger charge is -2.21. The van der Waals surface area contributed by atoms with Gasteiger partial charge in [0.2, 0.25) is 0 Å². The number of hydrogen-bond donors (Lipinski definition) is 2. The van der Waals surface area contributed by atoms with Gasteiger partial charge in [0.05, 0.1) is 5.69 Å². The van der Waals surface area contributed by atoms with Gasteiger partial charge in [-0.15, -0.1) is 0 Å². The van der Waals surface area contributed by atoms with Crippen molar-refractivity contribution < 1.29 is 18.3 Å². The van der Waals surface area contributed by atoms with Crippen LogP contribution in [0.5, 0.6) is 5.75 Å². The number of alkyl halides is 2. The van der Waals surface area contributed by atoms with Crippen LogP contribution in [0.2, 0.25) is 0 Å². The van der Waals surface area contributed by atoms with Gasteiger partial charge in [-0.05, 0) is 32.9 Å². The molecule has 0 radical (unpaired) electrons. The Morgan fingerprint density at radius 1 is 1.28 bits per heavy atom. The Labute approximate surface area is 104 Å². The van der Waals surface area contributed by atoms with E-state index in [0.717, 1.165) is 0 Å². The van der Waals surface area contributed by atoms with E-state index in [1.165, 1.54) is 12.1 Å². The summed E-state index contributed by atoms with van der Waals surface area (Å²) in [5.41, 5.74) is -0.220. The lowest BCUT2D eigenvalue weighted by Crippen LogP contribution is -2.43. The highest BCUT2D eigenvalue weighted by Gasteiger charge is 2.16. The fourth-order valence-corrected chi connectivity index (χ4v) is 1.26. The first kappa shape index (κ1) is 14.2. The number of hydrogen-bond acceptors (Lipinski definition) is 2. The molecular weight excluding hydrogens is 242 g/mol. The zero-order chi connectivity index (χ0) is 13.8. The van der Waals surface area contributed by atoms with Gasteiger partial charge in [-0.25, -0.2) is 4.79 Å². The van der Waals surface area contributed by atoms with Gasteiger partial charge >= 0.3 is 12.6 Å². The molecule has 0 unspecified atom stereocenters. The van der Waals surface area contributed by atoms with Gasteiger partial charge in [0.1, 0.15) is 5.75 Å². The van der Waals surface area contributed by atoms with Crippen LogP contribution in [0, 0.1) is 0 Å². The number of rotatable bonds is 3. The lowest BCUT2D eigenvalue weighted by atomic mass is 10.1. The average molecular weight is 258 g/mol. The minimum atomic E-state index is -2.93. The predicted octanol–water partition coefficient (Wildman–Crippen LogP) is 3.21. The molecule has 0 fully saturated rings. The smallest absolute Gasteiger partial charge is 0.387 e. The molecule has 2 N–H and O–H groups in total. The highest BCUT2D eigenvalue weighted by atomic mass is 19.3. The van der Waals surface area contributed by atoms with Crippen molar-refractivity contribution in [2.24, 2.45) is 0 Å². The highest BCUT2D eigenvalue weighted by Crippen LogP contribution is 2.25. The molecule has 0 aliphatic rings. The van der Waals surface area contributed by atoms with Gasteiger partial charge in [0, 0.05) is 5.54 Å². The molecule has 0 saturated heterocycles. The summed E-state index contributed by atoms with van der Waals surface area (Å²) >= 11 is 0. The Kier molecular flexibility index (Phi) is 4.47. The second kappa shape index (κ2) is 5.66. The molecule has 2 amide bonds. The fraction of sp³-hybridized carbons (Fsp3) is 0.417. The number of nitrogens with one attached hydrogen (secondary N) is 2. The highest BCUT2D eigenvalue weighted by molar-refractivity contribution is 5.91. The van der Waals surface area contributed by atoms with Crippen molar-refractivity contribution >= 4 is 11.7 Å². The molecule has 1 aromatic carbocycles. The standard InChI is InChI=1S/C12H16F2N2O2/c1-12(2,3)16-11(17)15-8-6-4-5-7-9(8)18-10(13)14/h4-7,10H,1-3H3,(H2,15,16,17). The third-order valence-electron chi connectivity index (χ3n) is 1.84. The molecule has 100 valence electrons. The van der Waals surface area contributed by atoms with Crippen LogP contribution in [0.15, 0.2) is 24.3 Å². The topological polar surface area (TPSA) is 50.4 Å². The second-order valence-corrected chi connectivity index (χ2v) is 4.70. The van der Waals surface area contributed by atoms with Gasteiger partial charge in [-0.3, -0.25) is 0 Å². The maximum absolute atomic E-state index is 12.2. The van der Waals surface area contributed by atoms with Crippen LogP contribution in [-0.4, -0.2) is 18.2 Å². The van der Waals surface area contributed by atoms with Crippen molar-refractivity contribution in [1.29, 1.82) is 0 Å². The number of halogens is 2. The second-order valence-electron chi connectivity index (χ2n) is 4.70. The molecule has 1 aromatic rings. The molecule has 0 atom stereocenters. The molecule has 4 nitrogen and oxygen atoms in total. The number of ether oxygens (including phenoxy) is 1. The van der Waals surface area contributed by atoms with Crippen molar-refractivity contribution in [3.8, 4) is 5.75 Å². The number of anilines is 1. The minimum Gasteiger partial charge on any atom is -0.433 e. The van der Waals surface area contributed by atoms with E-state index in [4.69, 9.17) is 0 Å². The summed E-state index contributed by atoms with van der Waals surface area (Å²) in [5.74, 6) is -0.0726. The summed E-state index contributed by atoms with van der Waals surface area (Å²) in [4.78, 5) is 11.6. The Bertz CT molecular complexity index is 417.